The van der Waals surface area contributed by atoms with E-state index in [1.165, 1.54) is 32.1 Å². The summed E-state index contributed by atoms with van der Waals surface area (Å²) in [4.78, 5) is 11.4. The molecule has 100 valence electrons. The van der Waals surface area contributed by atoms with Gasteiger partial charge >= 0.3 is 0 Å². The molecular formula is C14H24N4. The number of rotatable bonds is 5. The van der Waals surface area contributed by atoms with Crippen LogP contribution in [0.2, 0.25) is 0 Å². The van der Waals surface area contributed by atoms with Crippen LogP contribution in [0.15, 0.2) is 12.4 Å². The first-order valence-corrected chi connectivity index (χ1v) is 7.07. The first-order chi connectivity index (χ1) is 8.85. The van der Waals surface area contributed by atoms with Gasteiger partial charge in [-0.15, -0.1) is 0 Å². The second kappa shape index (κ2) is 6.69. The van der Waals surface area contributed by atoms with Crippen molar-refractivity contribution >= 4 is 5.82 Å². The summed E-state index contributed by atoms with van der Waals surface area (Å²) in [6, 6.07) is 0.660. The summed E-state index contributed by atoms with van der Waals surface area (Å²) in [6.45, 7) is 4.01. The Kier molecular flexibility index (Phi) is 4.93. The molecule has 0 radical (unpaired) electrons. The Bertz CT molecular complexity index is 343. The van der Waals surface area contributed by atoms with Crippen LogP contribution in [0, 0.1) is 0 Å². The van der Waals surface area contributed by atoms with E-state index >= 15 is 0 Å². The monoisotopic (exact) mass is 248 g/mol. The molecule has 0 atom stereocenters. The quantitative estimate of drug-likeness (QED) is 0.868. The van der Waals surface area contributed by atoms with E-state index in [4.69, 9.17) is 0 Å². The fourth-order valence-corrected chi connectivity index (χ4v) is 2.77. The maximum absolute atomic E-state index is 4.57. The van der Waals surface area contributed by atoms with Crippen molar-refractivity contribution in [1.29, 1.82) is 0 Å². The van der Waals surface area contributed by atoms with E-state index in [2.05, 4.69) is 27.1 Å². The molecule has 1 aromatic rings. The van der Waals surface area contributed by atoms with Gasteiger partial charge in [0.15, 0.2) is 0 Å². The lowest BCUT2D eigenvalue weighted by Crippen LogP contribution is -2.37. The van der Waals surface area contributed by atoms with Gasteiger partial charge in [-0.3, -0.25) is 4.98 Å². The molecule has 18 heavy (non-hydrogen) atoms. The fraction of sp³-hybridized carbons (Fsp3) is 0.714. The van der Waals surface area contributed by atoms with Gasteiger partial charge in [0.1, 0.15) is 5.82 Å². The Balaban J connectivity index is 2.06. The lowest BCUT2D eigenvalue weighted by Gasteiger charge is -2.34. The molecule has 1 fully saturated rings. The van der Waals surface area contributed by atoms with Gasteiger partial charge in [-0.1, -0.05) is 19.3 Å². The Morgan fingerprint density at radius 3 is 2.56 bits per heavy atom. The van der Waals surface area contributed by atoms with Crippen LogP contribution in [0.3, 0.4) is 0 Å². The maximum Gasteiger partial charge on any atom is 0.147 e. The molecular weight excluding hydrogens is 224 g/mol. The third-order valence-electron chi connectivity index (χ3n) is 3.70. The van der Waals surface area contributed by atoms with E-state index in [0.717, 1.165) is 24.6 Å². The Morgan fingerprint density at radius 1 is 1.22 bits per heavy atom. The molecule has 0 unspecified atom stereocenters. The number of hydrogen-bond donors (Lipinski definition) is 1. The Morgan fingerprint density at radius 2 is 2.00 bits per heavy atom. The third-order valence-corrected chi connectivity index (χ3v) is 3.70. The highest BCUT2D eigenvalue weighted by atomic mass is 15.2. The van der Waals surface area contributed by atoms with Crippen molar-refractivity contribution in [2.45, 2.75) is 51.6 Å². The van der Waals surface area contributed by atoms with Gasteiger partial charge in [0.2, 0.25) is 0 Å². The minimum Gasteiger partial charge on any atom is -0.353 e. The zero-order chi connectivity index (χ0) is 12.8. The van der Waals surface area contributed by atoms with Gasteiger partial charge in [0.05, 0.1) is 18.1 Å². The standard InChI is InChI=1S/C14H24N4/c1-3-18(13-7-5-4-6-8-13)14-11-16-12(9-15-2)10-17-14/h10-11,13,15H,3-9H2,1-2H3. The first kappa shape index (κ1) is 13.3. The lowest BCUT2D eigenvalue weighted by molar-refractivity contribution is 0.416. The van der Waals surface area contributed by atoms with Crippen LogP contribution in [0.25, 0.3) is 0 Å². The predicted octanol–water partition coefficient (Wildman–Crippen LogP) is 2.36. The number of hydrogen-bond acceptors (Lipinski definition) is 4. The van der Waals surface area contributed by atoms with Crippen LogP contribution >= 0.6 is 0 Å². The average molecular weight is 248 g/mol. The van der Waals surface area contributed by atoms with Crippen LogP contribution in [0.5, 0.6) is 0 Å². The van der Waals surface area contributed by atoms with Crippen LogP contribution in [-0.4, -0.2) is 29.6 Å². The minimum atomic E-state index is 0.660. The molecule has 0 aromatic carbocycles. The smallest absolute Gasteiger partial charge is 0.147 e. The highest BCUT2D eigenvalue weighted by Crippen LogP contribution is 2.25. The Labute approximate surface area is 110 Å². The summed E-state index contributed by atoms with van der Waals surface area (Å²) >= 11 is 0. The molecule has 0 aliphatic heterocycles. The highest BCUT2D eigenvalue weighted by Gasteiger charge is 2.21. The van der Waals surface area contributed by atoms with Crippen LogP contribution in [0.4, 0.5) is 5.82 Å². The van der Waals surface area contributed by atoms with Gasteiger partial charge in [0, 0.05) is 19.1 Å². The van der Waals surface area contributed by atoms with Crippen molar-refractivity contribution in [1.82, 2.24) is 15.3 Å². The number of nitrogens with one attached hydrogen (secondary N) is 1. The van der Waals surface area contributed by atoms with E-state index in [0.29, 0.717) is 6.04 Å². The van der Waals surface area contributed by atoms with E-state index in [-0.39, 0.29) is 0 Å². The maximum atomic E-state index is 4.57. The zero-order valence-electron chi connectivity index (χ0n) is 11.5. The second-order valence-corrected chi connectivity index (χ2v) is 4.97. The fourth-order valence-electron chi connectivity index (χ4n) is 2.77. The number of nitrogens with zero attached hydrogens (tertiary/aromatic N) is 3. The number of aromatic nitrogens is 2. The van der Waals surface area contributed by atoms with Crippen LogP contribution in [-0.2, 0) is 6.54 Å². The molecule has 1 aliphatic carbocycles. The van der Waals surface area contributed by atoms with Gasteiger partial charge in [-0.2, -0.15) is 0 Å². The molecule has 0 bridgehead atoms. The normalized spacial score (nSPS) is 16.8. The molecule has 4 nitrogen and oxygen atoms in total. The second-order valence-electron chi connectivity index (χ2n) is 4.97. The summed E-state index contributed by atoms with van der Waals surface area (Å²) in [6.07, 6.45) is 10.5. The molecule has 1 N–H and O–H groups in total. The van der Waals surface area contributed by atoms with Crippen molar-refractivity contribution in [3.63, 3.8) is 0 Å². The van der Waals surface area contributed by atoms with Crippen molar-refractivity contribution in [2.75, 3.05) is 18.5 Å². The first-order valence-electron chi connectivity index (χ1n) is 7.07. The molecule has 2 rings (SSSR count). The highest BCUT2D eigenvalue weighted by molar-refractivity contribution is 5.37. The van der Waals surface area contributed by atoms with Gasteiger partial charge in [-0.05, 0) is 26.8 Å². The Hall–Kier alpha value is -1.16. The van der Waals surface area contributed by atoms with Crippen molar-refractivity contribution in [3.05, 3.63) is 18.1 Å². The summed E-state index contributed by atoms with van der Waals surface area (Å²) in [5.41, 5.74) is 1.00. The van der Waals surface area contributed by atoms with Crippen LogP contribution < -0.4 is 10.2 Å². The summed E-state index contributed by atoms with van der Waals surface area (Å²) in [7, 11) is 1.93. The largest absolute Gasteiger partial charge is 0.353 e. The van der Waals surface area contributed by atoms with Crippen LogP contribution in [0.1, 0.15) is 44.7 Å². The van der Waals surface area contributed by atoms with Crippen molar-refractivity contribution in [3.8, 4) is 0 Å². The minimum absolute atomic E-state index is 0.660. The molecule has 1 saturated carbocycles. The number of anilines is 1. The molecule has 1 heterocycles. The van der Waals surface area contributed by atoms with Crippen molar-refractivity contribution < 1.29 is 0 Å². The lowest BCUT2D eigenvalue weighted by atomic mass is 9.94. The SMILES string of the molecule is CCN(c1cnc(CNC)cn1)C1CCCCC1. The topological polar surface area (TPSA) is 41.1 Å². The molecule has 0 amide bonds. The van der Waals surface area contributed by atoms with Gasteiger partial charge < -0.3 is 10.2 Å². The molecule has 0 saturated heterocycles. The molecule has 4 heteroatoms. The molecule has 1 aromatic heterocycles. The van der Waals surface area contributed by atoms with E-state index in [1.54, 1.807) is 0 Å². The van der Waals surface area contributed by atoms with Gasteiger partial charge in [0.25, 0.3) is 0 Å². The van der Waals surface area contributed by atoms with E-state index in [9.17, 15) is 0 Å². The predicted molar refractivity (Wildman–Crippen MR) is 74.7 cm³/mol. The van der Waals surface area contributed by atoms with E-state index in [1.807, 2.05) is 19.4 Å². The van der Waals surface area contributed by atoms with Crippen molar-refractivity contribution in [2.24, 2.45) is 0 Å². The zero-order valence-corrected chi connectivity index (χ0v) is 11.5. The average Bonchev–Trinajstić information content (AvgIpc) is 2.43. The third kappa shape index (κ3) is 3.19. The molecule has 0 spiro atoms. The summed E-state index contributed by atoms with van der Waals surface area (Å²) in [5.74, 6) is 1.03. The summed E-state index contributed by atoms with van der Waals surface area (Å²) < 4.78 is 0. The molecule has 1 aliphatic rings. The van der Waals surface area contributed by atoms with Gasteiger partial charge in [-0.25, -0.2) is 4.98 Å². The van der Waals surface area contributed by atoms with E-state index < -0.39 is 0 Å². The summed E-state index contributed by atoms with van der Waals surface area (Å²) in [5, 5.41) is 3.09.